The normalized spacial score (nSPS) is 10.5. The van der Waals surface area contributed by atoms with Crippen molar-refractivity contribution in [3.8, 4) is 11.8 Å². The lowest BCUT2D eigenvalue weighted by Crippen LogP contribution is -2.27. The smallest absolute Gasteiger partial charge is 0.266 e. The van der Waals surface area contributed by atoms with Gasteiger partial charge in [0.2, 0.25) is 0 Å². The maximum atomic E-state index is 12.9. The quantitative estimate of drug-likeness (QED) is 0.428. The minimum absolute atomic E-state index is 0.296. The molecule has 0 N–H and O–H groups in total. The van der Waals surface area contributed by atoms with Gasteiger partial charge in [0.1, 0.15) is 11.3 Å². The Kier molecular flexibility index (Phi) is 5.01. The summed E-state index contributed by atoms with van der Waals surface area (Å²) in [6.45, 7) is 7.63. The molecule has 0 unspecified atom stereocenters. The fraction of sp³-hybridized carbons (Fsp3) is 0.250. The zero-order chi connectivity index (χ0) is 19.0. The largest absolute Gasteiger partial charge is 0.308 e. The second kappa shape index (κ2) is 7.08. The van der Waals surface area contributed by atoms with Crippen LogP contribution in [-0.4, -0.2) is 20.7 Å². The number of pyridine rings is 1. The first-order chi connectivity index (χ1) is 12.3. The molecule has 6 heteroatoms. The molecule has 0 radical (unpaired) electrons. The van der Waals surface area contributed by atoms with E-state index in [2.05, 4.69) is 45.6 Å². The Labute approximate surface area is 166 Å². The van der Waals surface area contributed by atoms with Crippen LogP contribution in [-0.2, 0) is 11.8 Å². The summed E-state index contributed by atoms with van der Waals surface area (Å²) in [5.41, 5.74) is 5.47. The molecule has 0 atom stereocenters. The van der Waals surface area contributed by atoms with Crippen LogP contribution in [0.5, 0.6) is 0 Å². The number of carbonyl (C=O) groups is 1. The number of aromatic nitrogens is 3. The maximum absolute atomic E-state index is 12.9. The van der Waals surface area contributed by atoms with E-state index < -0.39 is 0 Å². The van der Waals surface area contributed by atoms with E-state index in [1.807, 2.05) is 40.0 Å². The summed E-state index contributed by atoms with van der Waals surface area (Å²) >= 11 is 2.30. The van der Waals surface area contributed by atoms with E-state index >= 15 is 0 Å². The molecule has 26 heavy (non-hydrogen) atoms. The molecule has 3 aromatic rings. The Morgan fingerprint density at radius 1 is 1.15 bits per heavy atom. The van der Waals surface area contributed by atoms with E-state index in [4.69, 9.17) is 4.98 Å². The topological polar surface area (TPSA) is 51.0 Å². The van der Waals surface area contributed by atoms with E-state index in [1.54, 1.807) is 22.7 Å². The Balaban J connectivity index is 2.29. The predicted molar refractivity (Wildman–Crippen MR) is 112 cm³/mol. The van der Waals surface area contributed by atoms with Gasteiger partial charge in [-0.1, -0.05) is 5.92 Å². The number of nitrogens with zero attached hydrogens (tertiary/aromatic N) is 4. The summed E-state index contributed by atoms with van der Waals surface area (Å²) in [4.78, 5) is 19.2. The molecule has 0 aliphatic carbocycles. The molecule has 0 spiro atoms. The highest BCUT2D eigenvalue weighted by Gasteiger charge is 2.23. The van der Waals surface area contributed by atoms with Crippen LogP contribution < -0.4 is 4.90 Å². The van der Waals surface area contributed by atoms with Crippen LogP contribution in [0.1, 0.15) is 23.6 Å². The Morgan fingerprint density at radius 2 is 1.88 bits per heavy atom. The van der Waals surface area contributed by atoms with Gasteiger partial charge in [-0.2, -0.15) is 5.10 Å². The molecule has 0 aliphatic heterocycles. The first-order valence-corrected chi connectivity index (χ1v) is 9.24. The zero-order valence-electron chi connectivity index (χ0n) is 15.4. The first-order valence-electron chi connectivity index (χ1n) is 8.16. The van der Waals surface area contributed by atoms with Crippen molar-refractivity contribution in [3.63, 3.8) is 0 Å². The van der Waals surface area contributed by atoms with Crippen molar-refractivity contribution in [2.24, 2.45) is 7.05 Å². The summed E-state index contributed by atoms with van der Waals surface area (Å²) in [5.74, 6) is 5.65. The molecule has 1 amide bonds. The van der Waals surface area contributed by atoms with Crippen molar-refractivity contribution in [2.75, 3.05) is 4.90 Å². The summed E-state index contributed by atoms with van der Waals surface area (Å²) in [6, 6.07) is 6.09. The summed E-state index contributed by atoms with van der Waals surface area (Å²) in [5, 5.41) is 4.26. The lowest BCUT2D eigenvalue weighted by molar-refractivity contribution is -0.112. The Morgan fingerprint density at radius 3 is 2.58 bits per heavy atom. The van der Waals surface area contributed by atoms with E-state index in [0.29, 0.717) is 5.82 Å². The lowest BCUT2D eigenvalue weighted by Gasteiger charge is -2.24. The molecule has 0 bridgehead atoms. The van der Waals surface area contributed by atoms with Gasteiger partial charge in [-0.05, 0) is 91.1 Å². The number of benzene rings is 1. The van der Waals surface area contributed by atoms with Gasteiger partial charge < -0.3 is 0 Å². The molecule has 132 valence electrons. The molecular weight excluding hydrogens is 439 g/mol. The average molecular weight is 458 g/mol. The summed E-state index contributed by atoms with van der Waals surface area (Å²) in [6.07, 6.45) is 1.71. The minimum Gasteiger partial charge on any atom is -0.266 e. The zero-order valence-corrected chi connectivity index (χ0v) is 17.5. The highest BCUT2D eigenvalue weighted by atomic mass is 127. The third-order valence-corrected chi connectivity index (χ3v) is 5.42. The highest BCUT2D eigenvalue weighted by Crippen LogP contribution is 2.33. The van der Waals surface area contributed by atoms with Crippen LogP contribution in [0.2, 0.25) is 0 Å². The number of hydrogen-bond acceptors (Lipinski definition) is 3. The number of halogens is 1. The molecule has 5 nitrogen and oxygen atoms in total. The van der Waals surface area contributed by atoms with Crippen LogP contribution in [0, 0.1) is 36.2 Å². The molecule has 2 aromatic heterocycles. The number of anilines is 2. The number of hydrogen-bond donors (Lipinski definition) is 0. The third-order valence-electron chi connectivity index (χ3n) is 4.26. The molecule has 0 fully saturated rings. The van der Waals surface area contributed by atoms with E-state index in [9.17, 15) is 4.79 Å². The van der Waals surface area contributed by atoms with Crippen LogP contribution >= 0.6 is 22.6 Å². The number of aryl methyl sites for hydroxylation is 4. The highest BCUT2D eigenvalue weighted by molar-refractivity contribution is 14.1. The van der Waals surface area contributed by atoms with E-state index in [-0.39, 0.29) is 5.91 Å². The van der Waals surface area contributed by atoms with Crippen LogP contribution in [0.3, 0.4) is 0 Å². The second-order valence-corrected chi connectivity index (χ2v) is 7.37. The first kappa shape index (κ1) is 18.4. The second-order valence-electron chi connectivity index (χ2n) is 6.20. The fourth-order valence-corrected chi connectivity index (χ4v) is 3.50. The molecule has 0 aliphatic rings. The van der Waals surface area contributed by atoms with Gasteiger partial charge in [0, 0.05) is 10.6 Å². The van der Waals surface area contributed by atoms with Gasteiger partial charge in [0.05, 0.1) is 17.4 Å². The Hall–Kier alpha value is -2.40. The molecule has 0 saturated carbocycles. The summed E-state index contributed by atoms with van der Waals surface area (Å²) < 4.78 is 2.93. The number of rotatable bonds is 2. The van der Waals surface area contributed by atoms with Gasteiger partial charge in [-0.25, -0.2) is 4.98 Å². The van der Waals surface area contributed by atoms with Crippen LogP contribution in [0.4, 0.5) is 11.5 Å². The molecule has 2 heterocycles. The maximum Gasteiger partial charge on any atom is 0.308 e. The van der Waals surface area contributed by atoms with Gasteiger partial charge in [0.15, 0.2) is 0 Å². The molecule has 0 saturated heterocycles. The van der Waals surface area contributed by atoms with Crippen LogP contribution in [0.15, 0.2) is 24.4 Å². The Bertz CT molecular complexity index is 1090. The third kappa shape index (κ3) is 3.19. The van der Waals surface area contributed by atoms with Gasteiger partial charge in [0.25, 0.3) is 0 Å². The SMILES string of the molecule is CC#CC(=O)N(c1cc(C)c(I)cc1C)c1nc2cnn(C)c2cc1C. The van der Waals surface area contributed by atoms with Crippen molar-refractivity contribution >= 4 is 51.0 Å². The van der Waals surface area contributed by atoms with Crippen molar-refractivity contribution < 1.29 is 4.79 Å². The van der Waals surface area contributed by atoms with Gasteiger partial charge in [-0.3, -0.25) is 14.4 Å². The number of fused-ring (bicyclic) bond motifs is 1. The van der Waals surface area contributed by atoms with Crippen molar-refractivity contribution in [1.29, 1.82) is 0 Å². The molecular formula is C20H19IN4O. The van der Waals surface area contributed by atoms with Crippen molar-refractivity contribution in [3.05, 3.63) is 44.7 Å². The minimum atomic E-state index is -0.296. The molecule has 1 aromatic carbocycles. The monoisotopic (exact) mass is 458 g/mol. The predicted octanol–water partition coefficient (Wildman–Crippen LogP) is 4.19. The number of amides is 1. The fourth-order valence-electron chi connectivity index (χ4n) is 2.88. The lowest BCUT2D eigenvalue weighted by atomic mass is 10.1. The van der Waals surface area contributed by atoms with Crippen molar-refractivity contribution in [1.82, 2.24) is 14.8 Å². The van der Waals surface area contributed by atoms with E-state index in [1.165, 1.54) is 0 Å². The van der Waals surface area contributed by atoms with Crippen molar-refractivity contribution in [2.45, 2.75) is 27.7 Å². The van der Waals surface area contributed by atoms with Crippen LogP contribution in [0.25, 0.3) is 11.0 Å². The van der Waals surface area contributed by atoms with Gasteiger partial charge in [-0.15, -0.1) is 0 Å². The average Bonchev–Trinajstić information content (AvgIpc) is 2.93. The number of carbonyl (C=O) groups excluding carboxylic acids is 1. The summed E-state index contributed by atoms with van der Waals surface area (Å²) in [7, 11) is 1.88. The molecule has 3 rings (SSSR count). The van der Waals surface area contributed by atoms with Gasteiger partial charge >= 0.3 is 5.91 Å². The standard InChI is InChI=1S/C20H19IN4O/c1-6-7-19(26)25(17-9-12(2)15(21)8-13(17)3)20-14(4)10-18-16(23-20)11-22-24(18)5/h8-11H,1-5H3. The van der Waals surface area contributed by atoms with E-state index in [0.717, 1.165) is 37.0 Å².